The Balaban J connectivity index is 2.72. The van der Waals surface area contributed by atoms with Crippen LogP contribution in [-0.2, 0) is 13.5 Å². The van der Waals surface area contributed by atoms with Crippen molar-refractivity contribution in [2.45, 2.75) is 13.3 Å². The lowest BCUT2D eigenvalue weighted by molar-refractivity contribution is 0.618. The van der Waals surface area contributed by atoms with Crippen LogP contribution >= 0.6 is 11.6 Å². The zero-order valence-corrected chi connectivity index (χ0v) is 10.0. The van der Waals surface area contributed by atoms with Gasteiger partial charge in [0.1, 0.15) is 5.02 Å². The molecule has 4 heteroatoms. The van der Waals surface area contributed by atoms with Gasteiger partial charge in [-0.15, -0.1) is 0 Å². The molecule has 0 aliphatic rings. The Morgan fingerprint density at radius 1 is 1.25 bits per heavy atom. The van der Waals surface area contributed by atoms with E-state index in [0.717, 1.165) is 17.8 Å². The van der Waals surface area contributed by atoms with Crippen LogP contribution in [0.1, 0.15) is 12.6 Å². The van der Waals surface area contributed by atoms with Crippen LogP contribution in [0.3, 0.4) is 0 Å². The van der Waals surface area contributed by atoms with E-state index in [1.807, 2.05) is 44.3 Å². The van der Waals surface area contributed by atoms with Gasteiger partial charge in [-0.25, -0.2) is 4.68 Å². The maximum atomic E-state index is 12.0. The van der Waals surface area contributed by atoms with Crippen LogP contribution in [0.25, 0.3) is 5.69 Å². The van der Waals surface area contributed by atoms with Gasteiger partial charge in [-0.2, -0.15) is 0 Å². The number of rotatable bonds is 2. The molecule has 2 rings (SSSR count). The second-order valence-corrected chi connectivity index (χ2v) is 3.97. The molecule has 1 heterocycles. The van der Waals surface area contributed by atoms with Gasteiger partial charge in [0.25, 0.3) is 5.56 Å². The molecule has 0 saturated heterocycles. The highest BCUT2D eigenvalue weighted by atomic mass is 35.5. The summed E-state index contributed by atoms with van der Waals surface area (Å²) in [5.74, 6) is 0. The zero-order chi connectivity index (χ0) is 11.7. The third kappa shape index (κ3) is 1.57. The number of benzene rings is 1. The van der Waals surface area contributed by atoms with Crippen molar-refractivity contribution < 1.29 is 0 Å². The molecule has 0 radical (unpaired) electrons. The van der Waals surface area contributed by atoms with Gasteiger partial charge in [-0.3, -0.25) is 9.48 Å². The third-order valence-electron chi connectivity index (χ3n) is 2.66. The van der Waals surface area contributed by atoms with E-state index in [0.29, 0.717) is 5.02 Å². The molecule has 0 spiro atoms. The number of hydrogen-bond donors (Lipinski definition) is 0. The summed E-state index contributed by atoms with van der Waals surface area (Å²) in [6, 6.07) is 9.48. The molecule has 1 aromatic heterocycles. The van der Waals surface area contributed by atoms with Crippen molar-refractivity contribution in [3.63, 3.8) is 0 Å². The Bertz CT molecular complexity index is 554. The van der Waals surface area contributed by atoms with Crippen molar-refractivity contribution in [3.8, 4) is 5.69 Å². The molecule has 0 unspecified atom stereocenters. The summed E-state index contributed by atoms with van der Waals surface area (Å²) in [5, 5.41) is 0.314. The van der Waals surface area contributed by atoms with Gasteiger partial charge in [0.2, 0.25) is 0 Å². The average Bonchev–Trinajstić information content (AvgIpc) is 2.51. The fourth-order valence-electron chi connectivity index (χ4n) is 1.86. The Morgan fingerprint density at radius 2 is 1.88 bits per heavy atom. The van der Waals surface area contributed by atoms with Crippen molar-refractivity contribution >= 4 is 11.6 Å². The third-order valence-corrected chi connectivity index (χ3v) is 3.04. The molecule has 0 atom stereocenters. The van der Waals surface area contributed by atoms with Gasteiger partial charge < -0.3 is 0 Å². The number of hydrogen-bond acceptors (Lipinski definition) is 1. The lowest BCUT2D eigenvalue weighted by Crippen LogP contribution is -2.19. The highest BCUT2D eigenvalue weighted by Crippen LogP contribution is 2.15. The summed E-state index contributed by atoms with van der Waals surface area (Å²) in [7, 11) is 1.85. The Labute approximate surface area is 98.9 Å². The molecule has 0 amide bonds. The summed E-state index contributed by atoms with van der Waals surface area (Å²) in [6.45, 7) is 1.98. The smallest absolute Gasteiger partial charge is 0.284 e. The summed E-state index contributed by atoms with van der Waals surface area (Å²) < 4.78 is 3.39. The molecule has 2 aromatic rings. The van der Waals surface area contributed by atoms with E-state index in [-0.39, 0.29) is 5.56 Å². The molecule has 84 valence electrons. The summed E-state index contributed by atoms with van der Waals surface area (Å²) in [6.07, 6.45) is 0.740. The van der Waals surface area contributed by atoms with E-state index in [4.69, 9.17) is 11.6 Å². The van der Waals surface area contributed by atoms with E-state index in [1.165, 1.54) is 0 Å². The molecule has 0 fully saturated rings. The first-order valence-electron chi connectivity index (χ1n) is 5.18. The van der Waals surface area contributed by atoms with Crippen LogP contribution in [0, 0.1) is 0 Å². The minimum atomic E-state index is -0.160. The molecule has 3 nitrogen and oxygen atoms in total. The molecule has 0 bridgehead atoms. The molecule has 0 saturated carbocycles. The fraction of sp³-hybridized carbons (Fsp3) is 0.250. The van der Waals surface area contributed by atoms with Gasteiger partial charge >= 0.3 is 0 Å². The van der Waals surface area contributed by atoms with Gasteiger partial charge in [0, 0.05) is 7.05 Å². The van der Waals surface area contributed by atoms with E-state index < -0.39 is 0 Å². The minimum absolute atomic E-state index is 0.160. The van der Waals surface area contributed by atoms with Gasteiger partial charge in [-0.05, 0) is 18.6 Å². The van der Waals surface area contributed by atoms with Crippen LogP contribution in [0.5, 0.6) is 0 Å². The predicted molar refractivity (Wildman–Crippen MR) is 65.4 cm³/mol. The molecule has 0 aliphatic carbocycles. The first-order chi connectivity index (χ1) is 7.66. The first kappa shape index (κ1) is 11.0. The molecular weight excluding hydrogens is 224 g/mol. The Kier molecular flexibility index (Phi) is 2.88. The number of nitrogens with zero attached hydrogens (tertiary/aromatic N) is 2. The second kappa shape index (κ2) is 4.18. The summed E-state index contributed by atoms with van der Waals surface area (Å²) in [5.41, 5.74) is 1.53. The monoisotopic (exact) mass is 236 g/mol. The van der Waals surface area contributed by atoms with E-state index in [2.05, 4.69) is 0 Å². The van der Waals surface area contributed by atoms with E-state index in [9.17, 15) is 4.79 Å². The first-order valence-corrected chi connectivity index (χ1v) is 5.56. The Morgan fingerprint density at radius 3 is 2.38 bits per heavy atom. The maximum Gasteiger partial charge on any atom is 0.290 e. The Hall–Kier alpha value is -1.48. The van der Waals surface area contributed by atoms with Gasteiger partial charge in [-0.1, -0.05) is 36.7 Å². The highest BCUT2D eigenvalue weighted by molar-refractivity contribution is 6.31. The van der Waals surface area contributed by atoms with Crippen molar-refractivity contribution in [1.29, 1.82) is 0 Å². The van der Waals surface area contributed by atoms with Crippen molar-refractivity contribution in [2.24, 2.45) is 7.05 Å². The lowest BCUT2D eigenvalue weighted by atomic mass is 10.3. The van der Waals surface area contributed by atoms with E-state index in [1.54, 1.807) is 9.36 Å². The van der Waals surface area contributed by atoms with Gasteiger partial charge in [0.15, 0.2) is 0 Å². The zero-order valence-electron chi connectivity index (χ0n) is 9.27. The quantitative estimate of drug-likeness (QED) is 0.787. The number of para-hydroxylation sites is 1. The van der Waals surface area contributed by atoms with Crippen LogP contribution < -0.4 is 5.56 Å². The normalized spacial score (nSPS) is 10.7. The molecule has 16 heavy (non-hydrogen) atoms. The van der Waals surface area contributed by atoms with Gasteiger partial charge in [0.05, 0.1) is 11.4 Å². The number of halogens is 1. The fourth-order valence-corrected chi connectivity index (χ4v) is 2.20. The topological polar surface area (TPSA) is 26.9 Å². The minimum Gasteiger partial charge on any atom is -0.284 e. The summed E-state index contributed by atoms with van der Waals surface area (Å²) in [4.78, 5) is 12.0. The van der Waals surface area contributed by atoms with Crippen LogP contribution in [0.4, 0.5) is 0 Å². The lowest BCUT2D eigenvalue weighted by Gasteiger charge is -2.08. The molecule has 0 N–H and O–H groups in total. The average molecular weight is 237 g/mol. The molecule has 0 aliphatic heterocycles. The summed E-state index contributed by atoms with van der Waals surface area (Å²) >= 11 is 6.02. The van der Waals surface area contributed by atoms with Crippen molar-refractivity contribution in [3.05, 3.63) is 51.4 Å². The second-order valence-electron chi connectivity index (χ2n) is 3.59. The van der Waals surface area contributed by atoms with E-state index >= 15 is 0 Å². The van der Waals surface area contributed by atoms with Crippen LogP contribution in [-0.4, -0.2) is 9.36 Å². The SMILES string of the molecule is CCc1c(Cl)c(=O)n(-c2ccccc2)n1C. The molecular formula is C12H13ClN2O. The standard InChI is InChI=1S/C12H13ClN2O/c1-3-10-11(13)12(16)15(14(10)2)9-7-5-4-6-8-9/h4-8H,3H2,1-2H3. The van der Waals surface area contributed by atoms with Crippen LogP contribution in [0.2, 0.25) is 5.02 Å². The van der Waals surface area contributed by atoms with Crippen LogP contribution in [0.15, 0.2) is 35.1 Å². The molecule has 1 aromatic carbocycles. The highest BCUT2D eigenvalue weighted by Gasteiger charge is 2.15. The maximum absolute atomic E-state index is 12.0. The van der Waals surface area contributed by atoms with Crippen molar-refractivity contribution in [1.82, 2.24) is 9.36 Å². The number of aromatic nitrogens is 2. The largest absolute Gasteiger partial charge is 0.290 e. The van der Waals surface area contributed by atoms with Crippen molar-refractivity contribution in [2.75, 3.05) is 0 Å². The predicted octanol–water partition coefficient (Wildman–Crippen LogP) is 2.39.